The second kappa shape index (κ2) is 16.9. The van der Waals surface area contributed by atoms with E-state index in [9.17, 15) is 14.7 Å². The van der Waals surface area contributed by atoms with Gasteiger partial charge in [0.25, 0.3) is 0 Å². The number of nitrogens with two attached hydrogens (primary N) is 1. The van der Waals surface area contributed by atoms with Crippen LogP contribution in [0.3, 0.4) is 0 Å². The monoisotopic (exact) mass is 577 g/mol. The van der Waals surface area contributed by atoms with Crippen molar-refractivity contribution in [3.63, 3.8) is 0 Å². The van der Waals surface area contributed by atoms with Gasteiger partial charge in [0.2, 0.25) is 11.8 Å². The molecule has 234 valence electrons. The molecule has 0 aromatic heterocycles. The molecule has 0 aliphatic heterocycles. The summed E-state index contributed by atoms with van der Waals surface area (Å²) < 4.78 is 16.5. The zero-order valence-corrected chi connectivity index (χ0v) is 26.3. The summed E-state index contributed by atoms with van der Waals surface area (Å²) >= 11 is 0. The van der Waals surface area contributed by atoms with Crippen molar-refractivity contribution in [1.29, 1.82) is 0 Å². The van der Waals surface area contributed by atoms with Crippen LogP contribution in [0.15, 0.2) is 18.2 Å². The van der Waals surface area contributed by atoms with Crippen molar-refractivity contribution in [2.24, 2.45) is 28.9 Å². The van der Waals surface area contributed by atoms with E-state index in [-0.39, 0.29) is 36.2 Å². The Morgan fingerprint density at radius 1 is 1.15 bits per heavy atom. The van der Waals surface area contributed by atoms with E-state index in [2.05, 4.69) is 24.5 Å². The second-order valence-corrected chi connectivity index (χ2v) is 12.5. The average Bonchev–Trinajstić information content (AvgIpc) is 2.93. The Balaban J connectivity index is 1.94. The van der Waals surface area contributed by atoms with E-state index in [0.29, 0.717) is 37.1 Å². The van der Waals surface area contributed by atoms with Gasteiger partial charge >= 0.3 is 0 Å². The highest BCUT2D eigenvalue weighted by Gasteiger charge is 2.39. The average molecular weight is 578 g/mol. The van der Waals surface area contributed by atoms with Gasteiger partial charge in [-0.25, -0.2) is 0 Å². The zero-order valence-electron chi connectivity index (χ0n) is 26.3. The third-order valence-corrected chi connectivity index (χ3v) is 8.65. The van der Waals surface area contributed by atoms with Gasteiger partial charge in [-0.05, 0) is 67.6 Å². The van der Waals surface area contributed by atoms with Gasteiger partial charge < -0.3 is 35.7 Å². The number of benzene rings is 1. The summed E-state index contributed by atoms with van der Waals surface area (Å²) in [5.74, 6) is 2.01. The molecule has 0 saturated heterocycles. The fourth-order valence-electron chi connectivity index (χ4n) is 5.77. The maximum Gasteiger partial charge on any atom is 0.226 e. The lowest BCUT2D eigenvalue weighted by Crippen LogP contribution is -2.50. The zero-order chi connectivity index (χ0) is 30.6. The maximum atomic E-state index is 13.2. The summed E-state index contributed by atoms with van der Waals surface area (Å²) in [6.45, 7) is 11.1. The van der Waals surface area contributed by atoms with E-state index in [1.54, 1.807) is 14.2 Å². The lowest BCUT2D eigenvalue weighted by atomic mass is 9.69. The SMILES string of the molecule is COCCCOc1cc(C[C@@H](C[C@H](N)[C@@H](O)CNC(=O)C(C)(C)[C@@H]2CCC[C@H](NC(C)=O)C2)C(C)C)ccc1OC. The molecule has 2 amide bonds. The number of aliphatic hydroxyl groups excluding tert-OH is 1. The Morgan fingerprint density at radius 3 is 2.51 bits per heavy atom. The van der Waals surface area contributed by atoms with E-state index in [0.717, 1.165) is 44.1 Å². The van der Waals surface area contributed by atoms with Crippen LogP contribution in [-0.2, 0) is 20.7 Å². The predicted octanol–water partition coefficient (Wildman–Crippen LogP) is 3.84. The molecule has 0 bridgehead atoms. The molecule has 1 aromatic rings. The van der Waals surface area contributed by atoms with Crippen molar-refractivity contribution in [3.8, 4) is 11.5 Å². The van der Waals surface area contributed by atoms with Crippen LogP contribution in [0, 0.1) is 23.2 Å². The van der Waals surface area contributed by atoms with Crippen molar-refractivity contribution in [1.82, 2.24) is 10.6 Å². The first kappa shape index (κ1) is 34.8. The summed E-state index contributed by atoms with van der Waals surface area (Å²) in [4.78, 5) is 24.7. The summed E-state index contributed by atoms with van der Waals surface area (Å²) in [6, 6.07) is 5.62. The van der Waals surface area contributed by atoms with Gasteiger partial charge in [0.05, 0.1) is 19.8 Å². The third kappa shape index (κ3) is 11.1. The number of ether oxygens (including phenoxy) is 3. The molecule has 9 nitrogen and oxygen atoms in total. The van der Waals surface area contributed by atoms with Crippen LogP contribution < -0.4 is 25.8 Å². The van der Waals surface area contributed by atoms with Crippen molar-refractivity contribution in [3.05, 3.63) is 23.8 Å². The molecule has 1 saturated carbocycles. The van der Waals surface area contributed by atoms with Gasteiger partial charge in [-0.3, -0.25) is 9.59 Å². The molecule has 1 aromatic carbocycles. The van der Waals surface area contributed by atoms with Crippen LogP contribution in [0.1, 0.15) is 78.7 Å². The minimum absolute atomic E-state index is 0.0339. The number of hydrogen-bond acceptors (Lipinski definition) is 7. The molecule has 5 atom stereocenters. The molecule has 0 spiro atoms. The summed E-state index contributed by atoms with van der Waals surface area (Å²) in [6.07, 6.45) is 4.98. The molecule has 1 fully saturated rings. The highest BCUT2D eigenvalue weighted by Crippen LogP contribution is 2.38. The number of carbonyl (C=O) groups is 2. The van der Waals surface area contributed by atoms with Gasteiger partial charge in [-0.1, -0.05) is 40.2 Å². The second-order valence-electron chi connectivity index (χ2n) is 12.5. The number of hydrogen-bond donors (Lipinski definition) is 4. The Bertz CT molecular complexity index is 953. The van der Waals surface area contributed by atoms with Crippen LogP contribution >= 0.6 is 0 Å². The number of methoxy groups -OCH3 is 2. The number of rotatable bonds is 17. The maximum absolute atomic E-state index is 13.2. The van der Waals surface area contributed by atoms with Crippen LogP contribution in [0.25, 0.3) is 0 Å². The topological polar surface area (TPSA) is 132 Å². The molecule has 0 heterocycles. The Morgan fingerprint density at radius 2 is 1.88 bits per heavy atom. The quantitative estimate of drug-likeness (QED) is 0.207. The number of nitrogens with one attached hydrogen (secondary N) is 2. The van der Waals surface area contributed by atoms with Crippen molar-refractivity contribution in [2.75, 3.05) is 34.0 Å². The molecular formula is C32H55N3O6. The Hall–Kier alpha value is -2.36. The van der Waals surface area contributed by atoms with E-state index < -0.39 is 17.6 Å². The van der Waals surface area contributed by atoms with E-state index in [1.165, 1.54) is 6.92 Å². The molecule has 2 rings (SSSR count). The number of aliphatic hydroxyl groups is 1. The first-order chi connectivity index (χ1) is 19.4. The highest BCUT2D eigenvalue weighted by molar-refractivity contribution is 5.82. The minimum atomic E-state index is -0.856. The summed E-state index contributed by atoms with van der Waals surface area (Å²) in [7, 11) is 3.30. The standard InChI is InChI=1S/C32H55N3O6/c1-21(2)24(16-23-12-13-29(40-7)30(17-23)41-15-9-14-39-6)18-27(33)28(37)20-34-31(38)32(4,5)25-10-8-11-26(19-25)35-22(3)36/h12-13,17,21,24-28,37H,8-11,14-16,18-20,33H2,1-7H3,(H,34,38)(H,35,36)/t24-,25+,26-,27-,28-/m0/s1. The molecule has 5 N–H and O–H groups in total. The lowest BCUT2D eigenvalue weighted by Gasteiger charge is -2.39. The van der Waals surface area contributed by atoms with Gasteiger partial charge in [-0.15, -0.1) is 0 Å². The molecule has 0 radical (unpaired) electrons. The van der Waals surface area contributed by atoms with Crippen molar-refractivity contribution >= 4 is 11.8 Å². The fourth-order valence-corrected chi connectivity index (χ4v) is 5.77. The summed E-state index contributed by atoms with van der Waals surface area (Å²) in [5, 5.41) is 16.9. The molecule has 1 aliphatic carbocycles. The number of amides is 2. The third-order valence-electron chi connectivity index (χ3n) is 8.65. The molecule has 1 aliphatic rings. The molecule has 41 heavy (non-hydrogen) atoms. The molecule has 0 unspecified atom stereocenters. The van der Waals surface area contributed by atoms with Crippen molar-refractivity contribution < 1.29 is 28.9 Å². The van der Waals surface area contributed by atoms with Crippen LogP contribution in [0.2, 0.25) is 0 Å². The van der Waals surface area contributed by atoms with E-state index >= 15 is 0 Å². The van der Waals surface area contributed by atoms with E-state index in [4.69, 9.17) is 19.9 Å². The van der Waals surface area contributed by atoms with Gasteiger partial charge in [0.1, 0.15) is 0 Å². The minimum Gasteiger partial charge on any atom is -0.493 e. The normalized spacial score (nSPS) is 19.8. The first-order valence-corrected chi connectivity index (χ1v) is 15.2. The Labute approximate surface area is 247 Å². The highest BCUT2D eigenvalue weighted by atomic mass is 16.5. The van der Waals surface area contributed by atoms with Crippen LogP contribution in [-0.4, -0.2) is 69.1 Å². The Kier molecular flexibility index (Phi) is 14.4. The van der Waals surface area contributed by atoms with Crippen molar-refractivity contribution in [2.45, 2.75) is 97.8 Å². The van der Waals surface area contributed by atoms with E-state index in [1.807, 2.05) is 32.0 Å². The largest absolute Gasteiger partial charge is 0.493 e. The van der Waals surface area contributed by atoms with Gasteiger partial charge in [0.15, 0.2) is 11.5 Å². The predicted molar refractivity (Wildman–Crippen MR) is 162 cm³/mol. The first-order valence-electron chi connectivity index (χ1n) is 15.2. The summed E-state index contributed by atoms with van der Waals surface area (Å²) in [5.41, 5.74) is 6.99. The smallest absolute Gasteiger partial charge is 0.226 e. The fraction of sp³-hybridized carbons (Fsp3) is 0.750. The number of carbonyl (C=O) groups excluding carboxylic acids is 2. The van der Waals surface area contributed by atoms with Gasteiger partial charge in [0, 0.05) is 51.1 Å². The lowest BCUT2D eigenvalue weighted by molar-refractivity contribution is -0.133. The molecular weight excluding hydrogens is 522 g/mol. The van der Waals surface area contributed by atoms with Crippen LogP contribution in [0.5, 0.6) is 11.5 Å². The molecule has 9 heteroatoms. The van der Waals surface area contributed by atoms with Gasteiger partial charge in [-0.2, -0.15) is 0 Å². The van der Waals surface area contributed by atoms with Crippen LogP contribution in [0.4, 0.5) is 0 Å².